The third kappa shape index (κ3) is 2.89. The van der Waals surface area contributed by atoms with E-state index in [9.17, 15) is 4.79 Å². The van der Waals surface area contributed by atoms with Crippen LogP contribution in [0, 0.1) is 6.92 Å². The zero-order valence-corrected chi connectivity index (χ0v) is 8.84. The van der Waals surface area contributed by atoms with Crippen LogP contribution in [-0.2, 0) is 9.53 Å². The number of esters is 1. The largest absolute Gasteiger partial charge is 0.425 e. The van der Waals surface area contributed by atoms with Crippen LogP contribution >= 0.6 is 11.6 Å². The van der Waals surface area contributed by atoms with Gasteiger partial charge in [-0.1, -0.05) is 41.4 Å². The fraction of sp³-hybridized carbons (Fsp3) is 0.182. The van der Waals surface area contributed by atoms with E-state index in [0.29, 0.717) is 5.76 Å². The molecule has 0 aliphatic carbocycles. The van der Waals surface area contributed by atoms with Crippen molar-refractivity contribution in [2.75, 3.05) is 0 Å². The summed E-state index contributed by atoms with van der Waals surface area (Å²) in [6, 6.07) is 7.57. The minimum Gasteiger partial charge on any atom is -0.425 e. The van der Waals surface area contributed by atoms with E-state index in [-0.39, 0.29) is 5.97 Å². The Balaban J connectivity index is 2.91. The van der Waals surface area contributed by atoms with Crippen molar-refractivity contribution in [1.29, 1.82) is 0 Å². The number of aryl methyl sites for hydroxylation is 1. The molecule has 14 heavy (non-hydrogen) atoms. The highest BCUT2D eigenvalue weighted by atomic mass is 35.5. The molecule has 0 saturated heterocycles. The Bertz CT molecular complexity index is 352. The van der Waals surface area contributed by atoms with E-state index in [1.807, 2.05) is 31.2 Å². The first-order valence-corrected chi connectivity index (χ1v) is 4.63. The fourth-order valence-corrected chi connectivity index (χ4v) is 1.19. The molecule has 0 aliphatic heterocycles. The lowest BCUT2D eigenvalue weighted by Crippen LogP contribution is -1.97. The maximum Gasteiger partial charge on any atom is 0.308 e. The minimum atomic E-state index is -0.377. The molecule has 0 N–H and O–H groups in total. The van der Waals surface area contributed by atoms with Gasteiger partial charge in [-0.05, 0) is 6.92 Å². The van der Waals surface area contributed by atoms with Crippen molar-refractivity contribution in [2.24, 2.45) is 0 Å². The lowest BCUT2D eigenvalue weighted by Gasteiger charge is -2.05. The molecular formula is C11H11ClO2. The molecule has 0 radical (unpaired) electrons. The molecule has 3 heteroatoms. The van der Waals surface area contributed by atoms with Crippen LogP contribution in [0.5, 0.6) is 0 Å². The average Bonchev–Trinajstić information content (AvgIpc) is 2.15. The van der Waals surface area contributed by atoms with Gasteiger partial charge in [-0.15, -0.1) is 0 Å². The van der Waals surface area contributed by atoms with Crippen LogP contribution in [0.4, 0.5) is 0 Å². The van der Waals surface area contributed by atoms with Gasteiger partial charge in [-0.2, -0.15) is 0 Å². The Hall–Kier alpha value is -1.28. The molecule has 0 bridgehead atoms. The highest BCUT2D eigenvalue weighted by Gasteiger charge is 2.04. The van der Waals surface area contributed by atoms with Crippen LogP contribution in [0.3, 0.4) is 0 Å². The van der Waals surface area contributed by atoms with Crippen molar-refractivity contribution >= 4 is 23.3 Å². The highest BCUT2D eigenvalue weighted by molar-refractivity contribution is 6.28. The van der Waals surface area contributed by atoms with Crippen molar-refractivity contribution in [3.05, 3.63) is 40.9 Å². The smallest absolute Gasteiger partial charge is 0.308 e. The second-order valence-electron chi connectivity index (χ2n) is 2.93. The number of carbonyl (C=O) groups is 1. The summed E-state index contributed by atoms with van der Waals surface area (Å²) >= 11 is 5.55. The quantitative estimate of drug-likeness (QED) is 0.554. The molecule has 1 rings (SSSR count). The van der Waals surface area contributed by atoms with Crippen molar-refractivity contribution < 1.29 is 9.53 Å². The maximum absolute atomic E-state index is 10.7. The van der Waals surface area contributed by atoms with E-state index in [1.165, 1.54) is 12.5 Å². The van der Waals surface area contributed by atoms with Gasteiger partial charge in [0.15, 0.2) is 0 Å². The number of ether oxygens (including phenoxy) is 1. The second kappa shape index (κ2) is 4.82. The summed E-state index contributed by atoms with van der Waals surface area (Å²) in [6.45, 7) is 3.33. The van der Waals surface area contributed by atoms with E-state index in [4.69, 9.17) is 16.3 Å². The number of benzene rings is 1. The van der Waals surface area contributed by atoms with E-state index < -0.39 is 0 Å². The van der Waals surface area contributed by atoms with Crippen LogP contribution in [0.2, 0.25) is 0 Å². The highest BCUT2D eigenvalue weighted by Crippen LogP contribution is 2.17. The summed E-state index contributed by atoms with van der Waals surface area (Å²) in [6.07, 6.45) is 0. The molecule has 0 spiro atoms. The lowest BCUT2D eigenvalue weighted by atomic mass is 10.1. The van der Waals surface area contributed by atoms with E-state index in [2.05, 4.69) is 0 Å². The van der Waals surface area contributed by atoms with Gasteiger partial charge in [0.2, 0.25) is 0 Å². The topological polar surface area (TPSA) is 26.3 Å². The monoisotopic (exact) mass is 210 g/mol. The normalized spacial score (nSPS) is 11.2. The summed E-state index contributed by atoms with van der Waals surface area (Å²) in [5, 5.41) is 0. The van der Waals surface area contributed by atoms with Crippen molar-refractivity contribution in [1.82, 2.24) is 0 Å². The summed E-state index contributed by atoms with van der Waals surface area (Å²) in [7, 11) is 0. The van der Waals surface area contributed by atoms with Gasteiger partial charge in [0.1, 0.15) is 5.76 Å². The van der Waals surface area contributed by atoms with Crippen molar-refractivity contribution in [2.45, 2.75) is 13.8 Å². The van der Waals surface area contributed by atoms with Crippen molar-refractivity contribution in [3.8, 4) is 0 Å². The number of hydrogen-bond acceptors (Lipinski definition) is 2. The Morgan fingerprint density at radius 2 is 1.93 bits per heavy atom. The first kappa shape index (κ1) is 10.8. The predicted octanol–water partition coefficient (Wildman–Crippen LogP) is 3.10. The zero-order chi connectivity index (χ0) is 10.6. The number of hydrogen-bond donors (Lipinski definition) is 0. The Kier molecular flexibility index (Phi) is 3.72. The Morgan fingerprint density at radius 1 is 1.36 bits per heavy atom. The Morgan fingerprint density at radius 3 is 2.36 bits per heavy atom. The predicted molar refractivity (Wildman–Crippen MR) is 56.8 cm³/mol. The van der Waals surface area contributed by atoms with Crippen LogP contribution in [0.15, 0.2) is 29.8 Å². The van der Waals surface area contributed by atoms with Crippen LogP contribution in [0.1, 0.15) is 18.1 Å². The molecule has 0 saturated carbocycles. The number of carbonyl (C=O) groups excluding carboxylic acids is 1. The molecule has 0 fully saturated rings. The Labute approximate surface area is 88.1 Å². The molecule has 0 aliphatic rings. The average molecular weight is 211 g/mol. The minimum absolute atomic E-state index is 0.374. The van der Waals surface area contributed by atoms with Crippen LogP contribution < -0.4 is 0 Å². The third-order valence-corrected chi connectivity index (χ3v) is 1.89. The van der Waals surface area contributed by atoms with Crippen molar-refractivity contribution in [3.63, 3.8) is 0 Å². The number of rotatable bonds is 2. The zero-order valence-electron chi connectivity index (χ0n) is 8.08. The SMILES string of the molecule is CC(=O)O/C(=C\Cl)c1ccc(C)cc1. The molecule has 1 aromatic rings. The van der Waals surface area contributed by atoms with Gasteiger partial charge in [0, 0.05) is 18.0 Å². The van der Waals surface area contributed by atoms with Gasteiger partial charge in [-0.3, -0.25) is 4.79 Å². The summed E-state index contributed by atoms with van der Waals surface area (Å²) < 4.78 is 4.92. The fourth-order valence-electron chi connectivity index (χ4n) is 1.02. The first-order valence-electron chi connectivity index (χ1n) is 4.19. The molecule has 74 valence electrons. The summed E-state index contributed by atoms with van der Waals surface area (Å²) in [5.74, 6) is -0.00311. The van der Waals surface area contributed by atoms with E-state index >= 15 is 0 Å². The van der Waals surface area contributed by atoms with Gasteiger partial charge in [0.25, 0.3) is 0 Å². The van der Waals surface area contributed by atoms with E-state index in [0.717, 1.165) is 11.1 Å². The maximum atomic E-state index is 10.7. The molecule has 0 amide bonds. The molecule has 0 unspecified atom stereocenters. The lowest BCUT2D eigenvalue weighted by molar-refractivity contribution is -0.134. The van der Waals surface area contributed by atoms with Gasteiger partial charge < -0.3 is 4.74 Å². The number of halogens is 1. The first-order chi connectivity index (χ1) is 6.63. The molecule has 1 aromatic carbocycles. The third-order valence-electron chi connectivity index (χ3n) is 1.69. The summed E-state index contributed by atoms with van der Waals surface area (Å²) in [4.78, 5) is 10.7. The van der Waals surface area contributed by atoms with Gasteiger partial charge >= 0.3 is 5.97 Å². The van der Waals surface area contributed by atoms with Gasteiger partial charge in [0.05, 0.1) is 0 Å². The van der Waals surface area contributed by atoms with Gasteiger partial charge in [-0.25, -0.2) is 0 Å². The molecule has 0 heterocycles. The van der Waals surface area contributed by atoms with Crippen LogP contribution in [-0.4, -0.2) is 5.97 Å². The summed E-state index contributed by atoms with van der Waals surface area (Å²) in [5.41, 5.74) is 3.19. The van der Waals surface area contributed by atoms with E-state index in [1.54, 1.807) is 0 Å². The molecular weight excluding hydrogens is 200 g/mol. The standard InChI is InChI=1S/C11H11ClO2/c1-8-3-5-10(6-4-8)11(7-12)14-9(2)13/h3-7H,1-2H3/b11-7-. The molecule has 0 atom stereocenters. The molecule has 2 nitrogen and oxygen atoms in total. The second-order valence-corrected chi connectivity index (χ2v) is 3.15. The van der Waals surface area contributed by atoms with Crippen LogP contribution in [0.25, 0.3) is 5.76 Å². The molecule has 0 aromatic heterocycles.